The summed E-state index contributed by atoms with van der Waals surface area (Å²) in [5.41, 5.74) is 2.33. The maximum atomic E-state index is 5.25. The maximum Gasteiger partial charge on any atom is 0.138 e. The van der Waals surface area contributed by atoms with E-state index in [9.17, 15) is 0 Å². The van der Waals surface area contributed by atoms with E-state index >= 15 is 0 Å². The summed E-state index contributed by atoms with van der Waals surface area (Å²) in [4.78, 5) is 2.54. The molecule has 100 valence electrons. The van der Waals surface area contributed by atoms with Crippen molar-refractivity contribution in [1.82, 2.24) is 15.4 Å². The second-order valence-corrected chi connectivity index (χ2v) is 5.82. The lowest BCUT2D eigenvalue weighted by Crippen LogP contribution is -2.46. The third kappa shape index (κ3) is 2.75. The molecule has 0 radical (unpaired) electrons. The fraction of sp³-hybridized carbons (Fsp3) is 0.786. The highest BCUT2D eigenvalue weighted by Gasteiger charge is 2.28. The van der Waals surface area contributed by atoms with Gasteiger partial charge >= 0.3 is 0 Å². The smallest absolute Gasteiger partial charge is 0.138 e. The Morgan fingerprint density at radius 2 is 2.11 bits per heavy atom. The van der Waals surface area contributed by atoms with Gasteiger partial charge in [0.2, 0.25) is 0 Å². The monoisotopic (exact) mass is 249 g/mol. The van der Waals surface area contributed by atoms with Gasteiger partial charge in [0.25, 0.3) is 0 Å². The number of nitrogens with zero attached hydrogens (tertiary/aromatic N) is 2. The molecule has 2 heterocycles. The Labute approximate surface area is 109 Å². The minimum absolute atomic E-state index is 0.687. The van der Waals surface area contributed by atoms with E-state index in [0.29, 0.717) is 6.04 Å². The summed E-state index contributed by atoms with van der Waals surface area (Å²) in [7, 11) is 0. The third-order valence-corrected chi connectivity index (χ3v) is 4.12. The number of aromatic nitrogens is 1. The molecule has 1 N–H and O–H groups in total. The zero-order valence-corrected chi connectivity index (χ0v) is 11.4. The Balaban J connectivity index is 1.58. The molecule has 1 aromatic heterocycles. The van der Waals surface area contributed by atoms with E-state index in [-0.39, 0.29) is 0 Å². The van der Waals surface area contributed by atoms with Gasteiger partial charge in [-0.15, -0.1) is 0 Å². The van der Waals surface area contributed by atoms with Gasteiger partial charge in [0.05, 0.1) is 5.69 Å². The van der Waals surface area contributed by atoms with Crippen LogP contribution in [0, 0.1) is 13.8 Å². The molecule has 0 aromatic carbocycles. The number of nitrogens with one attached hydrogen (secondary N) is 1. The Bertz CT molecular complexity index is 392. The summed E-state index contributed by atoms with van der Waals surface area (Å²) in [5.74, 6) is 0.977. The van der Waals surface area contributed by atoms with Gasteiger partial charge in [0.1, 0.15) is 5.76 Å². The minimum atomic E-state index is 0.687. The summed E-state index contributed by atoms with van der Waals surface area (Å²) >= 11 is 0. The molecule has 1 unspecified atom stereocenters. The highest BCUT2D eigenvalue weighted by Crippen LogP contribution is 2.23. The first-order chi connectivity index (χ1) is 8.72. The number of hydrogen-bond donors (Lipinski definition) is 1. The quantitative estimate of drug-likeness (QED) is 0.886. The molecule has 1 aliphatic heterocycles. The Hall–Kier alpha value is -0.870. The lowest BCUT2D eigenvalue weighted by Gasteiger charge is -2.33. The van der Waals surface area contributed by atoms with E-state index < -0.39 is 0 Å². The van der Waals surface area contributed by atoms with Gasteiger partial charge in [0.15, 0.2) is 0 Å². The van der Waals surface area contributed by atoms with Gasteiger partial charge in [-0.05, 0) is 46.1 Å². The van der Waals surface area contributed by atoms with Crippen LogP contribution in [0.3, 0.4) is 0 Å². The van der Waals surface area contributed by atoms with Crippen LogP contribution in [0.25, 0.3) is 0 Å². The topological polar surface area (TPSA) is 41.3 Å². The molecule has 1 atom stereocenters. The molecule has 1 aliphatic carbocycles. The second kappa shape index (κ2) is 5.02. The van der Waals surface area contributed by atoms with Crippen molar-refractivity contribution in [2.24, 2.45) is 0 Å². The average Bonchev–Trinajstić information content (AvgIpc) is 3.11. The normalized spacial score (nSPS) is 25.6. The van der Waals surface area contributed by atoms with Crippen molar-refractivity contribution in [1.29, 1.82) is 0 Å². The Morgan fingerprint density at radius 3 is 2.78 bits per heavy atom. The zero-order valence-electron chi connectivity index (χ0n) is 11.4. The molecule has 3 rings (SSSR count). The molecule has 0 spiro atoms. The van der Waals surface area contributed by atoms with Crippen LogP contribution in [0.5, 0.6) is 0 Å². The maximum absolute atomic E-state index is 5.25. The molecule has 2 aliphatic rings. The van der Waals surface area contributed by atoms with Gasteiger partial charge in [0, 0.05) is 30.7 Å². The third-order valence-electron chi connectivity index (χ3n) is 4.12. The SMILES string of the molecule is Cc1noc(C)c1CN1CCCC(NC2CC2)C1. The van der Waals surface area contributed by atoms with E-state index in [2.05, 4.69) is 15.4 Å². The molecule has 0 amide bonds. The fourth-order valence-corrected chi connectivity index (χ4v) is 2.87. The lowest BCUT2D eigenvalue weighted by atomic mass is 10.0. The van der Waals surface area contributed by atoms with Gasteiger partial charge in [-0.25, -0.2) is 0 Å². The largest absolute Gasteiger partial charge is 0.361 e. The van der Waals surface area contributed by atoms with Crippen LogP contribution in [0.2, 0.25) is 0 Å². The highest BCUT2D eigenvalue weighted by atomic mass is 16.5. The fourth-order valence-electron chi connectivity index (χ4n) is 2.87. The average molecular weight is 249 g/mol. The predicted molar refractivity (Wildman–Crippen MR) is 70.4 cm³/mol. The first kappa shape index (κ1) is 12.2. The molecule has 2 fully saturated rings. The summed E-state index contributed by atoms with van der Waals surface area (Å²) in [6.07, 6.45) is 5.38. The zero-order chi connectivity index (χ0) is 12.5. The van der Waals surface area contributed by atoms with Crippen molar-refractivity contribution >= 4 is 0 Å². The van der Waals surface area contributed by atoms with Gasteiger partial charge < -0.3 is 9.84 Å². The molecule has 1 saturated heterocycles. The van der Waals surface area contributed by atoms with Crippen LogP contribution in [-0.2, 0) is 6.54 Å². The van der Waals surface area contributed by atoms with Crippen molar-refractivity contribution in [2.75, 3.05) is 13.1 Å². The number of piperidine rings is 1. The molecule has 4 nitrogen and oxygen atoms in total. The van der Waals surface area contributed by atoms with Gasteiger partial charge in [-0.1, -0.05) is 5.16 Å². The van der Waals surface area contributed by atoms with Crippen LogP contribution in [0.15, 0.2) is 4.52 Å². The van der Waals surface area contributed by atoms with Crippen molar-refractivity contribution in [3.05, 3.63) is 17.0 Å². The summed E-state index contributed by atoms with van der Waals surface area (Å²) in [6.45, 7) is 7.41. The van der Waals surface area contributed by atoms with E-state index in [1.54, 1.807) is 0 Å². The molecule has 1 aromatic rings. The second-order valence-electron chi connectivity index (χ2n) is 5.82. The number of aryl methyl sites for hydroxylation is 2. The summed E-state index contributed by atoms with van der Waals surface area (Å²) in [5, 5.41) is 7.79. The lowest BCUT2D eigenvalue weighted by molar-refractivity contribution is 0.181. The molecular formula is C14H23N3O. The van der Waals surface area contributed by atoms with Crippen molar-refractivity contribution in [3.63, 3.8) is 0 Å². The molecular weight excluding hydrogens is 226 g/mol. The van der Waals surface area contributed by atoms with E-state index in [1.807, 2.05) is 13.8 Å². The van der Waals surface area contributed by atoms with Gasteiger partial charge in [-0.2, -0.15) is 0 Å². The standard InChI is InChI=1S/C14H23N3O/c1-10-14(11(2)18-16-10)9-17-7-3-4-13(8-17)15-12-5-6-12/h12-13,15H,3-9H2,1-2H3. The Kier molecular flexibility index (Phi) is 3.39. The van der Waals surface area contributed by atoms with E-state index in [4.69, 9.17) is 4.52 Å². The van der Waals surface area contributed by atoms with Crippen molar-refractivity contribution in [3.8, 4) is 0 Å². The number of hydrogen-bond acceptors (Lipinski definition) is 4. The van der Waals surface area contributed by atoms with Gasteiger partial charge in [-0.3, -0.25) is 4.90 Å². The number of likely N-dealkylation sites (tertiary alicyclic amines) is 1. The van der Waals surface area contributed by atoms with Crippen LogP contribution in [-0.4, -0.2) is 35.2 Å². The minimum Gasteiger partial charge on any atom is -0.361 e. The van der Waals surface area contributed by atoms with Crippen molar-refractivity contribution in [2.45, 2.75) is 58.2 Å². The van der Waals surface area contributed by atoms with Crippen molar-refractivity contribution < 1.29 is 4.52 Å². The highest BCUT2D eigenvalue weighted by molar-refractivity contribution is 5.20. The predicted octanol–water partition coefficient (Wildman–Crippen LogP) is 2.01. The number of rotatable bonds is 4. The van der Waals surface area contributed by atoms with Crippen LogP contribution in [0.4, 0.5) is 0 Å². The first-order valence-electron chi connectivity index (χ1n) is 7.12. The van der Waals surface area contributed by atoms with Crippen LogP contribution < -0.4 is 5.32 Å². The summed E-state index contributed by atoms with van der Waals surface area (Å²) < 4.78 is 5.25. The first-order valence-corrected chi connectivity index (χ1v) is 7.12. The van der Waals surface area contributed by atoms with E-state index in [0.717, 1.165) is 24.0 Å². The molecule has 1 saturated carbocycles. The summed E-state index contributed by atoms with van der Waals surface area (Å²) in [6, 6.07) is 1.50. The van der Waals surface area contributed by atoms with Crippen LogP contribution >= 0.6 is 0 Å². The molecule has 18 heavy (non-hydrogen) atoms. The molecule has 0 bridgehead atoms. The van der Waals surface area contributed by atoms with Crippen LogP contribution in [0.1, 0.15) is 42.7 Å². The Morgan fingerprint density at radius 1 is 1.28 bits per heavy atom. The van der Waals surface area contributed by atoms with E-state index in [1.165, 1.54) is 44.3 Å². The molecule has 4 heteroatoms.